The zero-order valence-corrected chi connectivity index (χ0v) is 13.9. The second kappa shape index (κ2) is 6.01. The van der Waals surface area contributed by atoms with Crippen LogP contribution in [-0.4, -0.2) is 50.1 Å². The average molecular weight is 361 g/mol. The first-order chi connectivity index (χ1) is 12.5. The largest absolute Gasteiger partial charge is 0.489 e. The number of amides is 2. The van der Waals surface area contributed by atoms with E-state index in [0.29, 0.717) is 0 Å². The molecule has 2 amide bonds. The molecular formula is C17H16FN3O5. The van der Waals surface area contributed by atoms with Crippen molar-refractivity contribution >= 4 is 29.2 Å². The van der Waals surface area contributed by atoms with Crippen molar-refractivity contribution in [2.75, 3.05) is 30.0 Å². The van der Waals surface area contributed by atoms with Gasteiger partial charge in [0.25, 0.3) is 5.91 Å². The van der Waals surface area contributed by atoms with E-state index < -0.39 is 23.9 Å². The van der Waals surface area contributed by atoms with Gasteiger partial charge in [0, 0.05) is 31.8 Å². The maximum Gasteiger partial charge on any atom is 0.415 e. The Morgan fingerprint density at radius 2 is 2.15 bits per heavy atom. The predicted octanol–water partition coefficient (Wildman–Crippen LogP) is 0.951. The number of ether oxygens (including phenoxy) is 2. The molecule has 1 aromatic carbocycles. The highest BCUT2D eigenvalue weighted by atomic mass is 19.1. The van der Waals surface area contributed by atoms with Crippen LogP contribution in [0.3, 0.4) is 0 Å². The molecule has 26 heavy (non-hydrogen) atoms. The number of cyclic esters (lactones) is 1. The molecule has 4 rings (SSSR count). The molecule has 1 saturated heterocycles. The molecule has 3 aliphatic rings. The molecule has 2 atom stereocenters. The third-order valence-electron chi connectivity index (χ3n) is 4.62. The summed E-state index contributed by atoms with van der Waals surface area (Å²) >= 11 is 0. The number of halogens is 1. The topological polar surface area (TPSA) is 88.2 Å². The van der Waals surface area contributed by atoms with E-state index in [1.807, 2.05) is 0 Å². The molecule has 3 aliphatic heterocycles. The summed E-state index contributed by atoms with van der Waals surface area (Å²) < 4.78 is 25.4. The van der Waals surface area contributed by atoms with Crippen LogP contribution in [-0.2, 0) is 14.3 Å². The van der Waals surface area contributed by atoms with Gasteiger partial charge in [-0.25, -0.2) is 9.18 Å². The quantitative estimate of drug-likeness (QED) is 0.844. The first kappa shape index (κ1) is 16.4. The van der Waals surface area contributed by atoms with Crippen LogP contribution in [0.5, 0.6) is 5.75 Å². The molecule has 0 radical (unpaired) electrons. The highest BCUT2D eigenvalue weighted by molar-refractivity contribution is 5.96. The van der Waals surface area contributed by atoms with Gasteiger partial charge in [0.15, 0.2) is 17.7 Å². The molecule has 0 spiro atoms. The van der Waals surface area contributed by atoms with Crippen molar-refractivity contribution in [3.05, 3.63) is 30.2 Å². The second-order valence-corrected chi connectivity index (χ2v) is 6.23. The van der Waals surface area contributed by atoms with E-state index in [9.17, 15) is 18.8 Å². The first-order valence-corrected chi connectivity index (χ1v) is 8.13. The normalized spacial score (nSPS) is 23.9. The number of allylic oxidation sites excluding steroid dienone is 1. The second-order valence-electron chi connectivity index (χ2n) is 6.23. The Morgan fingerprint density at radius 3 is 2.92 bits per heavy atom. The van der Waals surface area contributed by atoms with E-state index in [1.165, 1.54) is 30.2 Å². The summed E-state index contributed by atoms with van der Waals surface area (Å²) in [6.45, 7) is 0.217. The molecule has 1 unspecified atom stereocenters. The van der Waals surface area contributed by atoms with Crippen LogP contribution in [0.25, 0.3) is 0 Å². The predicted molar refractivity (Wildman–Crippen MR) is 88.6 cm³/mol. The lowest BCUT2D eigenvalue weighted by molar-refractivity contribution is -0.127. The minimum Gasteiger partial charge on any atom is -0.489 e. The number of fused-ring (bicyclic) bond motifs is 3. The molecule has 1 N–H and O–H groups in total. The fourth-order valence-electron chi connectivity index (χ4n) is 3.31. The van der Waals surface area contributed by atoms with E-state index in [0.717, 1.165) is 0 Å². The Kier molecular flexibility index (Phi) is 3.78. The van der Waals surface area contributed by atoms with E-state index >= 15 is 0 Å². The lowest BCUT2D eigenvalue weighted by atomic mass is 10.0. The van der Waals surface area contributed by atoms with Crippen molar-refractivity contribution in [3.8, 4) is 5.75 Å². The van der Waals surface area contributed by atoms with Crippen LogP contribution in [0.4, 0.5) is 20.6 Å². The molecule has 0 bridgehead atoms. The number of anilines is 2. The van der Waals surface area contributed by atoms with Crippen LogP contribution in [0, 0.1) is 5.82 Å². The van der Waals surface area contributed by atoms with Crippen molar-refractivity contribution < 1.29 is 28.2 Å². The van der Waals surface area contributed by atoms with Gasteiger partial charge in [-0.15, -0.1) is 0 Å². The van der Waals surface area contributed by atoms with Gasteiger partial charge >= 0.3 is 6.09 Å². The number of ketones is 1. The van der Waals surface area contributed by atoms with Crippen LogP contribution < -0.4 is 19.9 Å². The van der Waals surface area contributed by atoms with E-state index in [1.54, 1.807) is 11.1 Å². The number of carbonyl (C=O) groups is 3. The Balaban J connectivity index is 1.66. The molecule has 0 aromatic heterocycles. The standard InChI is InChI=1S/C17H16FN3O5/c1-19-16(23)14-7-21(17(24)26-14)9-5-12(18)15-13(6-9)25-8-10-4-11(22)2-3-20(10)15/h2-3,5-6,10,14H,4,7-8H2,1H3,(H,19,23)/t10?,14-/m1/s1. The summed E-state index contributed by atoms with van der Waals surface area (Å²) in [5.41, 5.74) is 0.470. The highest BCUT2D eigenvalue weighted by Gasteiger charge is 2.39. The lowest BCUT2D eigenvalue weighted by Crippen LogP contribution is -2.43. The summed E-state index contributed by atoms with van der Waals surface area (Å²) in [5.74, 6) is -0.777. The van der Waals surface area contributed by atoms with Gasteiger partial charge in [0.05, 0.1) is 18.3 Å². The van der Waals surface area contributed by atoms with E-state index in [-0.39, 0.29) is 48.5 Å². The summed E-state index contributed by atoms with van der Waals surface area (Å²) in [7, 11) is 1.44. The number of rotatable bonds is 2. The molecule has 0 aliphatic carbocycles. The van der Waals surface area contributed by atoms with E-state index in [4.69, 9.17) is 9.47 Å². The Morgan fingerprint density at radius 1 is 1.35 bits per heavy atom. The molecular weight excluding hydrogens is 345 g/mol. The van der Waals surface area contributed by atoms with Crippen molar-refractivity contribution in [1.29, 1.82) is 0 Å². The van der Waals surface area contributed by atoms with Gasteiger partial charge < -0.3 is 19.7 Å². The molecule has 136 valence electrons. The Hall–Kier alpha value is -3.10. The zero-order chi connectivity index (χ0) is 18.4. The van der Waals surface area contributed by atoms with Gasteiger partial charge in [0.1, 0.15) is 18.0 Å². The zero-order valence-electron chi connectivity index (χ0n) is 13.9. The molecule has 8 nitrogen and oxygen atoms in total. The average Bonchev–Trinajstić information content (AvgIpc) is 3.02. The Labute approximate surface area is 148 Å². The van der Waals surface area contributed by atoms with E-state index in [2.05, 4.69) is 5.32 Å². The summed E-state index contributed by atoms with van der Waals surface area (Å²) in [6, 6.07) is 2.48. The van der Waals surface area contributed by atoms with Crippen molar-refractivity contribution in [1.82, 2.24) is 5.32 Å². The summed E-state index contributed by atoms with van der Waals surface area (Å²) in [5, 5.41) is 2.41. The van der Waals surface area contributed by atoms with Gasteiger partial charge in [0.2, 0.25) is 0 Å². The number of carbonyl (C=O) groups excluding carboxylic acids is 3. The van der Waals surface area contributed by atoms with Crippen LogP contribution >= 0.6 is 0 Å². The first-order valence-electron chi connectivity index (χ1n) is 8.13. The maximum atomic E-state index is 14.8. The maximum absolute atomic E-state index is 14.8. The third kappa shape index (κ3) is 2.56. The lowest BCUT2D eigenvalue weighted by Gasteiger charge is -2.38. The number of nitrogens with zero attached hydrogens (tertiary/aromatic N) is 2. The SMILES string of the molecule is CNC(=O)[C@H]1CN(c2cc(F)c3c(c2)OCC2CC(=O)C=CN32)C(=O)O1. The number of hydrogen-bond acceptors (Lipinski definition) is 6. The Bertz CT molecular complexity index is 840. The smallest absolute Gasteiger partial charge is 0.415 e. The molecule has 0 saturated carbocycles. The number of hydrogen-bond donors (Lipinski definition) is 1. The monoisotopic (exact) mass is 361 g/mol. The fraction of sp³-hybridized carbons (Fsp3) is 0.353. The third-order valence-corrected chi connectivity index (χ3v) is 4.62. The van der Waals surface area contributed by atoms with Crippen molar-refractivity contribution in [2.45, 2.75) is 18.6 Å². The summed E-state index contributed by atoms with van der Waals surface area (Å²) in [4.78, 5) is 38.1. The van der Waals surface area contributed by atoms with Crippen molar-refractivity contribution in [2.24, 2.45) is 0 Å². The van der Waals surface area contributed by atoms with Gasteiger partial charge in [-0.2, -0.15) is 0 Å². The minimum absolute atomic E-state index is 0.0164. The van der Waals surface area contributed by atoms with Crippen LogP contribution in [0.2, 0.25) is 0 Å². The van der Waals surface area contributed by atoms with Crippen LogP contribution in [0.1, 0.15) is 6.42 Å². The summed E-state index contributed by atoms with van der Waals surface area (Å²) in [6.07, 6.45) is 1.53. The number of likely N-dealkylation sites (N-methyl/N-ethyl adjacent to an activating group) is 1. The fourth-order valence-corrected chi connectivity index (χ4v) is 3.31. The van der Waals surface area contributed by atoms with Gasteiger partial charge in [-0.1, -0.05) is 0 Å². The number of benzene rings is 1. The molecule has 1 fully saturated rings. The molecule has 3 heterocycles. The van der Waals surface area contributed by atoms with Crippen molar-refractivity contribution in [3.63, 3.8) is 0 Å². The van der Waals surface area contributed by atoms with Crippen LogP contribution in [0.15, 0.2) is 24.4 Å². The van der Waals surface area contributed by atoms with Gasteiger partial charge in [-0.05, 0) is 6.08 Å². The number of nitrogens with one attached hydrogen (secondary N) is 1. The van der Waals surface area contributed by atoms with Gasteiger partial charge in [-0.3, -0.25) is 14.5 Å². The molecule has 1 aromatic rings. The highest BCUT2D eigenvalue weighted by Crippen LogP contribution is 2.42. The molecule has 9 heteroatoms. The minimum atomic E-state index is -0.951.